The topological polar surface area (TPSA) is 79.5 Å². The molecule has 0 aliphatic heterocycles. The summed E-state index contributed by atoms with van der Waals surface area (Å²) in [6.07, 6.45) is -0.110. The minimum Gasteiger partial charge on any atom is -0.441 e. The number of amides is 2. The average Bonchev–Trinajstić information content (AvgIpc) is 2.83. The fourth-order valence-electron chi connectivity index (χ4n) is 3.28. The minimum absolute atomic E-state index is 0.173. The zero-order valence-electron chi connectivity index (χ0n) is 18.6. The van der Waals surface area contributed by atoms with Crippen LogP contribution in [0.4, 0.5) is 16.2 Å². The van der Waals surface area contributed by atoms with Crippen molar-refractivity contribution in [2.75, 3.05) is 17.7 Å². The maximum Gasteiger partial charge on any atom is 0.408 e. The highest BCUT2D eigenvalue weighted by Crippen LogP contribution is 2.23. The van der Waals surface area contributed by atoms with Crippen molar-refractivity contribution in [2.24, 2.45) is 0 Å². The predicted molar refractivity (Wildman–Crippen MR) is 128 cm³/mol. The third-order valence-electron chi connectivity index (χ3n) is 5.24. The molecule has 0 unspecified atom stereocenters. The number of benzene rings is 3. The third-order valence-corrected chi connectivity index (χ3v) is 5.24. The summed E-state index contributed by atoms with van der Waals surface area (Å²) in [5.41, 5.74) is 5.17. The molecular formula is C26H29N3O3. The first-order valence-corrected chi connectivity index (χ1v) is 10.7. The van der Waals surface area contributed by atoms with Gasteiger partial charge in [0.2, 0.25) is 0 Å². The molecule has 0 saturated carbocycles. The number of anilines is 2. The lowest BCUT2D eigenvalue weighted by Gasteiger charge is -2.17. The van der Waals surface area contributed by atoms with E-state index in [1.807, 2.05) is 81.6 Å². The van der Waals surface area contributed by atoms with Crippen LogP contribution in [0.25, 0.3) is 0 Å². The van der Waals surface area contributed by atoms with Crippen LogP contribution in [0.1, 0.15) is 46.5 Å². The van der Waals surface area contributed by atoms with Gasteiger partial charge in [0.15, 0.2) is 0 Å². The molecule has 6 nitrogen and oxygen atoms in total. The predicted octanol–water partition coefficient (Wildman–Crippen LogP) is 5.67. The molecule has 0 bridgehead atoms. The molecule has 0 heterocycles. The van der Waals surface area contributed by atoms with Crippen molar-refractivity contribution in [3.05, 3.63) is 95.1 Å². The number of aryl methyl sites for hydroxylation is 1. The van der Waals surface area contributed by atoms with Gasteiger partial charge in [-0.15, -0.1) is 0 Å². The molecule has 3 N–H and O–H groups in total. The van der Waals surface area contributed by atoms with Gasteiger partial charge in [0.25, 0.3) is 5.91 Å². The fourth-order valence-corrected chi connectivity index (χ4v) is 3.28. The van der Waals surface area contributed by atoms with Crippen LogP contribution in [-0.2, 0) is 11.3 Å². The van der Waals surface area contributed by atoms with Gasteiger partial charge in [-0.05, 0) is 60.4 Å². The summed E-state index contributed by atoms with van der Waals surface area (Å²) in [6, 6.07) is 22.6. The molecule has 3 rings (SSSR count). The molecule has 32 heavy (non-hydrogen) atoms. The molecule has 0 aliphatic rings. The Morgan fingerprint density at radius 3 is 2.25 bits per heavy atom. The Morgan fingerprint density at radius 1 is 0.938 bits per heavy atom. The van der Waals surface area contributed by atoms with Crippen molar-refractivity contribution < 1.29 is 14.3 Å². The molecule has 0 fully saturated rings. The SMILES string of the molecule is CC[C@@H](OC(=O)NCc1ccc(C(=O)Nc2ccccc2C)cc1)c1ccc(NC)cc1. The second-order valence-corrected chi connectivity index (χ2v) is 7.49. The van der Waals surface area contributed by atoms with Gasteiger partial charge in [0.1, 0.15) is 6.10 Å². The molecule has 3 aromatic rings. The Bertz CT molecular complexity index is 1050. The van der Waals surface area contributed by atoms with Crippen molar-refractivity contribution in [3.63, 3.8) is 0 Å². The Morgan fingerprint density at radius 2 is 1.62 bits per heavy atom. The minimum atomic E-state index is -0.476. The van der Waals surface area contributed by atoms with Crippen molar-refractivity contribution in [1.29, 1.82) is 0 Å². The van der Waals surface area contributed by atoms with E-state index in [1.54, 1.807) is 12.1 Å². The van der Waals surface area contributed by atoms with Gasteiger partial charge < -0.3 is 20.7 Å². The first-order valence-electron chi connectivity index (χ1n) is 10.7. The second kappa shape index (κ2) is 11.0. The third kappa shape index (κ3) is 6.11. The standard InChI is InChI=1S/C26H29N3O3/c1-4-24(20-13-15-22(27-3)16-14-20)32-26(31)28-17-19-9-11-21(12-10-19)25(30)29-23-8-6-5-7-18(23)2/h5-16,24,27H,4,17H2,1-3H3,(H,28,31)(H,29,30)/t24-/m1/s1. The molecule has 0 aromatic heterocycles. The lowest BCUT2D eigenvalue weighted by molar-refractivity contribution is 0.0946. The molecule has 2 amide bonds. The van der Waals surface area contributed by atoms with Crippen molar-refractivity contribution in [2.45, 2.75) is 32.9 Å². The number of para-hydroxylation sites is 1. The Balaban J connectivity index is 1.52. The normalized spacial score (nSPS) is 11.3. The van der Waals surface area contributed by atoms with Crippen molar-refractivity contribution in [3.8, 4) is 0 Å². The van der Waals surface area contributed by atoms with E-state index in [4.69, 9.17) is 4.74 Å². The molecule has 0 saturated heterocycles. The first kappa shape index (κ1) is 22.9. The van der Waals surface area contributed by atoms with Gasteiger partial charge in [-0.1, -0.05) is 49.4 Å². The van der Waals surface area contributed by atoms with E-state index in [1.165, 1.54) is 0 Å². The number of hydrogen-bond acceptors (Lipinski definition) is 4. The molecular weight excluding hydrogens is 402 g/mol. The van der Waals surface area contributed by atoms with E-state index in [2.05, 4.69) is 16.0 Å². The van der Waals surface area contributed by atoms with Gasteiger partial charge in [0.05, 0.1) is 0 Å². The zero-order valence-corrected chi connectivity index (χ0v) is 18.6. The molecule has 0 spiro atoms. The maximum atomic E-state index is 12.5. The summed E-state index contributed by atoms with van der Waals surface area (Å²) < 4.78 is 5.59. The van der Waals surface area contributed by atoms with Crippen LogP contribution in [-0.4, -0.2) is 19.0 Å². The number of alkyl carbamates (subject to hydrolysis) is 1. The van der Waals surface area contributed by atoms with E-state index in [-0.39, 0.29) is 12.0 Å². The lowest BCUT2D eigenvalue weighted by atomic mass is 10.1. The first-order chi connectivity index (χ1) is 15.5. The summed E-state index contributed by atoms with van der Waals surface area (Å²) in [7, 11) is 1.86. The van der Waals surface area contributed by atoms with Crippen molar-refractivity contribution >= 4 is 23.4 Å². The highest BCUT2D eigenvalue weighted by molar-refractivity contribution is 6.04. The molecule has 166 valence electrons. The molecule has 3 aromatic carbocycles. The summed E-state index contributed by atoms with van der Waals surface area (Å²) in [6.45, 7) is 4.24. The van der Waals surface area contributed by atoms with Gasteiger partial charge in [-0.25, -0.2) is 4.79 Å². The highest BCUT2D eigenvalue weighted by atomic mass is 16.6. The molecule has 0 radical (unpaired) electrons. The zero-order chi connectivity index (χ0) is 22.9. The van der Waals surface area contributed by atoms with E-state index >= 15 is 0 Å². The number of ether oxygens (including phenoxy) is 1. The summed E-state index contributed by atoms with van der Waals surface area (Å²) in [4.78, 5) is 24.8. The van der Waals surface area contributed by atoms with E-state index in [0.717, 1.165) is 28.1 Å². The number of carbonyl (C=O) groups excluding carboxylic acids is 2. The van der Waals surface area contributed by atoms with Crippen LogP contribution in [0.3, 0.4) is 0 Å². The smallest absolute Gasteiger partial charge is 0.408 e. The van der Waals surface area contributed by atoms with Crippen LogP contribution in [0.2, 0.25) is 0 Å². The van der Waals surface area contributed by atoms with E-state index in [9.17, 15) is 9.59 Å². The monoisotopic (exact) mass is 431 g/mol. The second-order valence-electron chi connectivity index (χ2n) is 7.49. The van der Waals surface area contributed by atoms with Gasteiger partial charge in [0, 0.05) is 30.5 Å². The van der Waals surface area contributed by atoms with Crippen LogP contribution < -0.4 is 16.0 Å². The van der Waals surface area contributed by atoms with Gasteiger partial charge in [-0.2, -0.15) is 0 Å². The summed E-state index contributed by atoms with van der Waals surface area (Å²) in [5.74, 6) is -0.173. The number of carbonyl (C=O) groups is 2. The van der Waals surface area contributed by atoms with Gasteiger partial charge in [-0.3, -0.25) is 4.79 Å². The highest BCUT2D eigenvalue weighted by Gasteiger charge is 2.15. The quantitative estimate of drug-likeness (QED) is 0.430. The Labute approximate surface area is 189 Å². The Hall–Kier alpha value is -3.80. The summed E-state index contributed by atoms with van der Waals surface area (Å²) >= 11 is 0. The maximum absolute atomic E-state index is 12.5. The summed E-state index contributed by atoms with van der Waals surface area (Å²) in [5, 5.41) is 8.76. The van der Waals surface area contributed by atoms with Gasteiger partial charge >= 0.3 is 6.09 Å². The number of nitrogens with one attached hydrogen (secondary N) is 3. The molecule has 0 aliphatic carbocycles. The molecule has 1 atom stereocenters. The van der Waals surface area contributed by atoms with Crippen LogP contribution in [0, 0.1) is 6.92 Å². The lowest BCUT2D eigenvalue weighted by Crippen LogP contribution is -2.25. The largest absolute Gasteiger partial charge is 0.441 e. The fraction of sp³-hybridized carbons (Fsp3) is 0.231. The number of rotatable bonds is 8. The number of hydrogen-bond donors (Lipinski definition) is 3. The van der Waals surface area contributed by atoms with Crippen LogP contribution in [0.5, 0.6) is 0 Å². The van der Waals surface area contributed by atoms with Crippen molar-refractivity contribution in [1.82, 2.24) is 5.32 Å². The molecule has 6 heteroatoms. The van der Waals surface area contributed by atoms with E-state index < -0.39 is 6.09 Å². The van der Waals surface area contributed by atoms with Crippen LogP contribution >= 0.6 is 0 Å². The van der Waals surface area contributed by atoms with Crippen LogP contribution in [0.15, 0.2) is 72.8 Å². The average molecular weight is 432 g/mol. The van der Waals surface area contributed by atoms with E-state index in [0.29, 0.717) is 18.5 Å². The Kier molecular flexibility index (Phi) is 7.86.